The van der Waals surface area contributed by atoms with Gasteiger partial charge in [-0.15, -0.1) is 6.58 Å². The van der Waals surface area contributed by atoms with Gasteiger partial charge < -0.3 is 0 Å². The summed E-state index contributed by atoms with van der Waals surface area (Å²) in [6.07, 6.45) is 5.63. The van der Waals surface area contributed by atoms with E-state index in [1.54, 1.807) is 6.21 Å². The van der Waals surface area contributed by atoms with Gasteiger partial charge in [0, 0.05) is 0 Å². The maximum Gasteiger partial charge on any atom is 0.159 e. The molecule has 0 saturated heterocycles. The third-order valence-corrected chi connectivity index (χ3v) is 2.78. The Morgan fingerprint density at radius 1 is 0.857 bits per heavy atom. The number of halogens is 2. The van der Waals surface area contributed by atoms with Crippen molar-refractivity contribution in [1.29, 1.82) is 0 Å². The molecule has 0 aliphatic heterocycles. The number of allylic oxidation sites excluding steroid dienone is 1. The summed E-state index contributed by atoms with van der Waals surface area (Å²) >= 11 is 0. The molecular formula is C17H14F2N2. The molecular weight excluding hydrogens is 270 g/mol. The first kappa shape index (κ1) is 14.8. The van der Waals surface area contributed by atoms with Gasteiger partial charge >= 0.3 is 0 Å². The Kier molecular flexibility index (Phi) is 5.10. The molecule has 0 heterocycles. The van der Waals surface area contributed by atoms with Crippen LogP contribution in [0.15, 0.2) is 65.3 Å². The van der Waals surface area contributed by atoms with Gasteiger partial charge in [-0.1, -0.05) is 36.4 Å². The van der Waals surface area contributed by atoms with Crippen molar-refractivity contribution in [2.75, 3.05) is 0 Å². The zero-order valence-corrected chi connectivity index (χ0v) is 11.3. The topological polar surface area (TPSA) is 24.7 Å². The van der Waals surface area contributed by atoms with Crippen LogP contribution in [0.1, 0.15) is 16.7 Å². The highest BCUT2D eigenvalue weighted by Crippen LogP contribution is 2.07. The van der Waals surface area contributed by atoms with Crippen LogP contribution in [0.4, 0.5) is 8.78 Å². The summed E-state index contributed by atoms with van der Waals surface area (Å²) in [4.78, 5) is 0. The van der Waals surface area contributed by atoms with Gasteiger partial charge in [0.1, 0.15) is 0 Å². The van der Waals surface area contributed by atoms with E-state index >= 15 is 0 Å². The number of nitrogens with zero attached hydrogens (tertiary/aromatic N) is 2. The van der Waals surface area contributed by atoms with Crippen LogP contribution in [-0.4, -0.2) is 12.4 Å². The number of benzene rings is 2. The Morgan fingerprint density at radius 2 is 1.48 bits per heavy atom. The molecule has 0 fully saturated rings. The Bertz CT molecular complexity index is 674. The number of hydrogen-bond donors (Lipinski definition) is 0. The zero-order chi connectivity index (χ0) is 15.1. The quantitative estimate of drug-likeness (QED) is 0.448. The highest BCUT2D eigenvalue weighted by Gasteiger charge is 1.99. The van der Waals surface area contributed by atoms with Crippen LogP contribution in [0.5, 0.6) is 0 Å². The molecule has 2 aromatic rings. The van der Waals surface area contributed by atoms with E-state index in [-0.39, 0.29) is 0 Å². The highest BCUT2D eigenvalue weighted by molar-refractivity contribution is 5.82. The summed E-state index contributed by atoms with van der Waals surface area (Å²) < 4.78 is 25.7. The van der Waals surface area contributed by atoms with Gasteiger partial charge in [0.05, 0.1) is 12.4 Å². The summed E-state index contributed by atoms with van der Waals surface area (Å²) in [5.74, 6) is -1.78. The molecule has 0 N–H and O–H groups in total. The number of hydrogen-bond acceptors (Lipinski definition) is 2. The van der Waals surface area contributed by atoms with E-state index in [1.807, 2.05) is 30.3 Å². The molecule has 0 unspecified atom stereocenters. The van der Waals surface area contributed by atoms with Gasteiger partial charge in [-0.2, -0.15) is 10.2 Å². The third kappa shape index (κ3) is 4.45. The Morgan fingerprint density at radius 3 is 2.10 bits per heavy atom. The first-order valence-corrected chi connectivity index (χ1v) is 6.40. The van der Waals surface area contributed by atoms with Crippen molar-refractivity contribution in [3.8, 4) is 0 Å². The molecule has 0 saturated carbocycles. The van der Waals surface area contributed by atoms with E-state index in [2.05, 4.69) is 16.8 Å². The minimum Gasteiger partial charge on any atom is -0.204 e. The van der Waals surface area contributed by atoms with Crippen LogP contribution in [0.3, 0.4) is 0 Å². The maximum absolute atomic E-state index is 13.0. The molecule has 4 heteroatoms. The number of rotatable bonds is 5. The van der Waals surface area contributed by atoms with Gasteiger partial charge in [-0.25, -0.2) is 8.78 Å². The molecule has 0 amide bonds. The lowest BCUT2D eigenvalue weighted by atomic mass is 10.1. The smallest absolute Gasteiger partial charge is 0.159 e. The minimum absolute atomic E-state index is 0.451. The lowest BCUT2D eigenvalue weighted by molar-refractivity contribution is 0.508. The largest absolute Gasteiger partial charge is 0.204 e. The molecule has 2 rings (SSSR count). The second-order valence-electron chi connectivity index (χ2n) is 4.40. The van der Waals surface area contributed by atoms with Crippen molar-refractivity contribution >= 4 is 12.4 Å². The SMILES string of the molecule is C=CCc1ccc(C=NN=Cc2ccc(F)c(F)c2)cc1. The fourth-order valence-corrected chi connectivity index (χ4v) is 1.70. The third-order valence-electron chi connectivity index (χ3n) is 2.78. The molecule has 2 aromatic carbocycles. The summed E-state index contributed by atoms with van der Waals surface area (Å²) in [5.41, 5.74) is 2.53. The second kappa shape index (κ2) is 7.24. The molecule has 0 aliphatic rings. The van der Waals surface area contributed by atoms with Gasteiger partial charge in [0.15, 0.2) is 11.6 Å². The molecule has 21 heavy (non-hydrogen) atoms. The Labute approximate surface area is 122 Å². The van der Waals surface area contributed by atoms with E-state index in [1.165, 1.54) is 17.8 Å². The van der Waals surface area contributed by atoms with Crippen molar-refractivity contribution in [1.82, 2.24) is 0 Å². The normalized spacial score (nSPS) is 11.3. The summed E-state index contributed by atoms with van der Waals surface area (Å²) in [6.45, 7) is 3.68. The Hall–Kier alpha value is -2.62. The molecule has 0 bridgehead atoms. The predicted octanol–water partition coefficient (Wildman–Crippen LogP) is 4.15. The van der Waals surface area contributed by atoms with Crippen LogP contribution >= 0.6 is 0 Å². The molecule has 0 spiro atoms. The molecule has 0 radical (unpaired) electrons. The van der Waals surface area contributed by atoms with Crippen LogP contribution in [0, 0.1) is 11.6 Å². The predicted molar refractivity (Wildman–Crippen MR) is 81.9 cm³/mol. The molecule has 2 nitrogen and oxygen atoms in total. The molecule has 106 valence electrons. The van der Waals surface area contributed by atoms with Crippen molar-refractivity contribution in [3.63, 3.8) is 0 Å². The maximum atomic E-state index is 13.0. The summed E-state index contributed by atoms with van der Waals surface area (Å²) in [6, 6.07) is 11.4. The Balaban J connectivity index is 1.99. The standard InChI is InChI=1S/C17H14F2N2/c1-2-3-13-4-6-14(7-5-13)11-20-21-12-15-8-9-16(18)17(19)10-15/h2,4-12H,1,3H2. The lowest BCUT2D eigenvalue weighted by Crippen LogP contribution is -1.87. The van der Waals surface area contributed by atoms with Crippen molar-refractivity contribution < 1.29 is 8.78 Å². The van der Waals surface area contributed by atoms with Crippen molar-refractivity contribution in [3.05, 3.63) is 83.4 Å². The summed E-state index contributed by atoms with van der Waals surface area (Å²) in [7, 11) is 0. The monoisotopic (exact) mass is 284 g/mol. The van der Waals surface area contributed by atoms with Crippen LogP contribution in [0.25, 0.3) is 0 Å². The van der Waals surface area contributed by atoms with E-state index in [0.29, 0.717) is 5.56 Å². The van der Waals surface area contributed by atoms with Crippen LogP contribution in [0.2, 0.25) is 0 Å². The first-order chi connectivity index (χ1) is 10.2. The van der Waals surface area contributed by atoms with E-state index < -0.39 is 11.6 Å². The fourth-order valence-electron chi connectivity index (χ4n) is 1.70. The zero-order valence-electron chi connectivity index (χ0n) is 11.3. The average Bonchev–Trinajstić information content (AvgIpc) is 2.49. The molecule has 0 atom stereocenters. The average molecular weight is 284 g/mol. The first-order valence-electron chi connectivity index (χ1n) is 6.40. The van der Waals surface area contributed by atoms with Crippen molar-refractivity contribution in [2.45, 2.75) is 6.42 Å². The minimum atomic E-state index is -0.902. The fraction of sp³-hybridized carbons (Fsp3) is 0.0588. The van der Waals surface area contributed by atoms with Gasteiger partial charge in [0.25, 0.3) is 0 Å². The van der Waals surface area contributed by atoms with E-state index in [4.69, 9.17) is 0 Å². The van der Waals surface area contributed by atoms with Crippen LogP contribution in [-0.2, 0) is 6.42 Å². The van der Waals surface area contributed by atoms with E-state index in [9.17, 15) is 8.78 Å². The lowest BCUT2D eigenvalue weighted by Gasteiger charge is -1.96. The van der Waals surface area contributed by atoms with Gasteiger partial charge in [-0.05, 0) is 35.2 Å². The second-order valence-corrected chi connectivity index (χ2v) is 4.40. The summed E-state index contributed by atoms with van der Waals surface area (Å²) in [5, 5.41) is 7.68. The van der Waals surface area contributed by atoms with Crippen LogP contribution < -0.4 is 0 Å². The van der Waals surface area contributed by atoms with E-state index in [0.717, 1.165) is 24.1 Å². The van der Waals surface area contributed by atoms with Crippen molar-refractivity contribution in [2.24, 2.45) is 10.2 Å². The van der Waals surface area contributed by atoms with Gasteiger partial charge in [-0.3, -0.25) is 0 Å². The van der Waals surface area contributed by atoms with Gasteiger partial charge in [0.2, 0.25) is 0 Å². The highest BCUT2D eigenvalue weighted by atomic mass is 19.2. The molecule has 0 aromatic heterocycles. The molecule has 0 aliphatic carbocycles.